The van der Waals surface area contributed by atoms with E-state index in [0.717, 1.165) is 32.1 Å². The Morgan fingerprint density at radius 2 is 1.19 bits per heavy atom. The lowest BCUT2D eigenvalue weighted by atomic mass is 9.47. The molecule has 0 aromatic rings. The molecule has 10 aliphatic rings. The topological polar surface area (TPSA) is 420 Å². The van der Waals surface area contributed by atoms with Gasteiger partial charge < -0.3 is 133 Å². The highest BCUT2D eigenvalue weighted by atomic mass is 16.8. The van der Waals surface area contributed by atoms with E-state index in [9.17, 15) is 76.3 Å². The molecule has 0 unspecified atom stereocenters. The Morgan fingerprint density at radius 3 is 1.83 bits per heavy atom. The largest absolute Gasteiger partial charge is 0.463 e. The predicted molar refractivity (Wildman–Crippen MR) is 296 cm³/mol. The summed E-state index contributed by atoms with van der Waals surface area (Å²) in [7, 11) is 1.70. The molecule has 0 aromatic carbocycles. The number of methoxy groups -OCH3 is 1. The third-order valence-corrected chi connectivity index (χ3v) is 22.2. The number of carbonyl (C=O) groups excluding carboxylic acids is 1. The van der Waals surface area contributed by atoms with Crippen LogP contribution in [-0.2, 0) is 66.4 Å². The fraction of sp³-hybridized carbons (Fsp3) is 0.950. The first-order valence-corrected chi connectivity index (χ1v) is 31.6. The predicted octanol–water partition coefficient (Wildman–Crippen LogP) is -2.93. The van der Waals surface area contributed by atoms with E-state index in [1.807, 2.05) is 6.92 Å². The number of hydrogen-bond acceptors (Lipinski definition) is 28. The molecule has 0 spiro atoms. The number of allylic oxidation sites excluding steroid dienone is 1. The maximum atomic E-state index is 12.3. The van der Waals surface area contributed by atoms with Crippen LogP contribution in [0, 0.1) is 46.3 Å². The zero-order valence-corrected chi connectivity index (χ0v) is 51.3. The molecule has 6 aliphatic heterocycles. The fourth-order valence-electron chi connectivity index (χ4n) is 16.9. The highest BCUT2D eigenvalue weighted by molar-refractivity contribution is 5.65. The van der Waals surface area contributed by atoms with Crippen molar-refractivity contribution in [2.24, 2.45) is 46.3 Å². The van der Waals surface area contributed by atoms with E-state index in [1.165, 1.54) is 26.3 Å². The summed E-state index contributed by atoms with van der Waals surface area (Å²) in [4.78, 5) is 12.3. The van der Waals surface area contributed by atoms with Crippen LogP contribution in [0.3, 0.4) is 0 Å². The van der Waals surface area contributed by atoms with Gasteiger partial charge in [-0.2, -0.15) is 0 Å². The Labute approximate surface area is 511 Å². The van der Waals surface area contributed by atoms with E-state index in [1.54, 1.807) is 7.11 Å². The minimum Gasteiger partial charge on any atom is -0.463 e. The van der Waals surface area contributed by atoms with Crippen molar-refractivity contribution in [3.63, 3.8) is 0 Å². The summed E-state index contributed by atoms with van der Waals surface area (Å²) in [5.41, 5.74) is 0.978. The van der Waals surface area contributed by atoms with Gasteiger partial charge in [-0.1, -0.05) is 39.3 Å². The van der Waals surface area contributed by atoms with Crippen molar-refractivity contribution >= 4 is 5.97 Å². The lowest BCUT2D eigenvalue weighted by molar-refractivity contribution is -0.398. The number of esters is 1. The quantitative estimate of drug-likeness (QED) is 0.0455. The van der Waals surface area contributed by atoms with Gasteiger partial charge in [-0.3, -0.25) is 4.79 Å². The van der Waals surface area contributed by atoms with Crippen LogP contribution in [0.15, 0.2) is 11.6 Å². The van der Waals surface area contributed by atoms with Gasteiger partial charge in [0.2, 0.25) is 0 Å². The second-order valence-electron chi connectivity index (χ2n) is 27.4. The van der Waals surface area contributed by atoms with Crippen molar-refractivity contribution < 1.29 is 138 Å². The zero-order valence-electron chi connectivity index (χ0n) is 51.3. The molecule has 10 rings (SSSR count). The second kappa shape index (κ2) is 27.5. The lowest BCUT2D eigenvalue weighted by Gasteiger charge is -2.58. The third kappa shape index (κ3) is 12.8. The molecule has 14 N–H and O–H groups in total. The van der Waals surface area contributed by atoms with Crippen molar-refractivity contribution in [1.82, 2.24) is 0 Å². The number of aliphatic hydroxyl groups is 14. The SMILES string of the molecule is CO[C@]1(CC[C@H](C)CO[C@@H]2O[C@H](CO)[C@@H](O)[C@H](O)[C@H]2O)O[C@H]2C[C@H]3[C@@H]4CC=C5C[C@@H](O[C@@H]6O[C@H](COC(C)=O)[C@@H](O)[C@H](O[C@@H]7O[C@@H](C)[C@H](O[C@@H]8O[C@H](CO)[C@@H](O)[C@H](O)[C@H]8O)[C@@H](O)[C@H]7O)[C@H]6O[C@@H]6O[C@@H](C)[C@H](O)[C@@H](O)[C@H]6O)CC[C@]5(C)[C@H]4CC[C@]3(C)[C@H]2[C@@H]1C. The number of ether oxygens (including phenoxy) is 13. The molecule has 6 heterocycles. The average Bonchev–Trinajstić information content (AvgIpc) is 1.51. The number of carbonyl (C=O) groups is 1. The smallest absolute Gasteiger partial charge is 0.302 e. The van der Waals surface area contributed by atoms with Gasteiger partial charge in [-0.05, 0) is 106 Å². The lowest BCUT2D eigenvalue weighted by Crippen LogP contribution is -2.67. The Morgan fingerprint density at radius 1 is 0.625 bits per heavy atom. The van der Waals surface area contributed by atoms with E-state index >= 15 is 0 Å². The van der Waals surface area contributed by atoms with E-state index in [2.05, 4.69) is 26.8 Å². The molecule has 0 amide bonds. The first kappa shape index (κ1) is 69.0. The van der Waals surface area contributed by atoms with Crippen LogP contribution in [0.4, 0.5) is 0 Å². The van der Waals surface area contributed by atoms with Crippen LogP contribution in [0.1, 0.15) is 106 Å². The van der Waals surface area contributed by atoms with Gasteiger partial charge in [-0.25, -0.2) is 0 Å². The molecule has 3 saturated carbocycles. The van der Waals surface area contributed by atoms with Crippen molar-refractivity contribution in [3.05, 3.63) is 11.6 Å². The van der Waals surface area contributed by atoms with E-state index in [-0.39, 0.29) is 41.3 Å². The fourth-order valence-corrected chi connectivity index (χ4v) is 16.9. The van der Waals surface area contributed by atoms with Gasteiger partial charge in [0.05, 0.1) is 44.2 Å². The summed E-state index contributed by atoms with van der Waals surface area (Å²) >= 11 is 0. The van der Waals surface area contributed by atoms with Crippen molar-refractivity contribution in [1.29, 1.82) is 0 Å². The minimum absolute atomic E-state index is 0.0256. The summed E-state index contributed by atoms with van der Waals surface area (Å²) in [5.74, 6) is -0.191. The molecular weight excluding hydrogens is 1170 g/mol. The first-order valence-electron chi connectivity index (χ1n) is 31.6. The first-order chi connectivity index (χ1) is 41.6. The molecule has 9 fully saturated rings. The highest BCUT2D eigenvalue weighted by Crippen LogP contribution is 2.70. The standard InChI is InChI=1S/C60H98O28/c1-23(21-78-53-46(72)43(69)39(65)34(19-61)82-53)11-16-60(76-8)24(2)37-33(88-60)18-32-30-10-9-28-17-29(12-14-58(28,6)31(30)13-15-59(32,37)7)81-57-52(87-54-47(73)42(68)38(64)25(3)79-54)51(41(67)36(84-57)22-77-27(5)63)86-55-49(75)45(71)50(26(4)80-55)85-56-48(74)44(70)40(66)35(20-62)83-56/h9,23-26,29-57,61-62,64-75H,10-22H2,1-8H3/t23-,24-,25-,26-,29-,30+,31-,32-,33-,34+,35+,36+,37-,38-,39+,40+,41+,42+,43-,44-,45-,46+,47+,48+,49+,50-,51-,52+,53+,54-,55-,56-,57+,58-,59-,60+/m0/s1. The van der Waals surface area contributed by atoms with Crippen LogP contribution >= 0.6 is 0 Å². The van der Waals surface area contributed by atoms with Crippen LogP contribution in [0.25, 0.3) is 0 Å². The van der Waals surface area contributed by atoms with Gasteiger partial charge in [0.25, 0.3) is 0 Å². The summed E-state index contributed by atoms with van der Waals surface area (Å²) in [6, 6.07) is 0. The second-order valence-corrected chi connectivity index (χ2v) is 27.4. The van der Waals surface area contributed by atoms with Gasteiger partial charge in [0.15, 0.2) is 37.2 Å². The molecule has 506 valence electrons. The third-order valence-electron chi connectivity index (χ3n) is 22.2. The van der Waals surface area contributed by atoms with E-state index in [4.69, 9.17) is 61.6 Å². The Balaban J connectivity index is 0.832. The Bertz CT molecular complexity index is 2360. The molecule has 88 heavy (non-hydrogen) atoms. The van der Waals surface area contributed by atoms with E-state index in [0.29, 0.717) is 43.4 Å². The van der Waals surface area contributed by atoms with E-state index < -0.39 is 191 Å². The molecule has 0 bridgehead atoms. The zero-order chi connectivity index (χ0) is 63.8. The molecule has 36 atom stereocenters. The molecule has 28 heteroatoms. The highest BCUT2D eigenvalue weighted by Gasteiger charge is 2.69. The van der Waals surface area contributed by atoms with Crippen LogP contribution < -0.4 is 0 Å². The number of rotatable bonds is 19. The minimum atomic E-state index is -1.99. The summed E-state index contributed by atoms with van der Waals surface area (Å²) in [6.07, 6.45) is -31.0. The summed E-state index contributed by atoms with van der Waals surface area (Å²) in [6.45, 7) is 11.4. The molecule has 0 aromatic heterocycles. The summed E-state index contributed by atoms with van der Waals surface area (Å²) < 4.78 is 79.7. The average molecular weight is 1270 g/mol. The number of aliphatic hydroxyl groups excluding tert-OH is 14. The van der Waals surface area contributed by atoms with Gasteiger partial charge in [0.1, 0.15) is 116 Å². The maximum Gasteiger partial charge on any atom is 0.302 e. The maximum absolute atomic E-state index is 12.3. The normalized spacial score (nSPS) is 53.3. The van der Waals surface area contributed by atoms with Crippen LogP contribution in [-0.4, -0.2) is 283 Å². The van der Waals surface area contributed by atoms with Gasteiger partial charge >= 0.3 is 5.97 Å². The van der Waals surface area contributed by atoms with Crippen LogP contribution in [0.2, 0.25) is 0 Å². The Hall–Kier alpha value is -1.83. The number of hydrogen-bond donors (Lipinski definition) is 14. The van der Waals surface area contributed by atoms with Crippen molar-refractivity contribution in [2.45, 2.75) is 278 Å². The monoisotopic (exact) mass is 1270 g/mol. The molecule has 28 nitrogen and oxygen atoms in total. The number of fused-ring (bicyclic) bond motifs is 7. The van der Waals surface area contributed by atoms with Crippen molar-refractivity contribution in [2.75, 3.05) is 33.5 Å². The van der Waals surface area contributed by atoms with Gasteiger partial charge in [0, 0.05) is 26.4 Å². The molecular formula is C60H98O28. The summed E-state index contributed by atoms with van der Waals surface area (Å²) in [5, 5.41) is 150. The molecule has 6 saturated heterocycles. The van der Waals surface area contributed by atoms with Gasteiger partial charge in [-0.15, -0.1) is 0 Å². The Kier molecular flexibility index (Phi) is 21.6. The van der Waals surface area contributed by atoms with Crippen molar-refractivity contribution in [3.8, 4) is 0 Å². The van der Waals surface area contributed by atoms with Crippen LogP contribution in [0.5, 0.6) is 0 Å². The molecule has 4 aliphatic carbocycles. The molecule has 0 radical (unpaired) electrons.